The predicted octanol–water partition coefficient (Wildman–Crippen LogP) is 5.05. The molecule has 1 fully saturated rings. The topological polar surface area (TPSA) is 58.4 Å². The third-order valence-corrected chi connectivity index (χ3v) is 5.43. The van der Waals surface area contributed by atoms with Gasteiger partial charge in [-0.2, -0.15) is 0 Å². The highest BCUT2D eigenvalue weighted by Gasteiger charge is 2.20. The van der Waals surface area contributed by atoms with Crippen molar-refractivity contribution in [1.29, 1.82) is 0 Å². The van der Waals surface area contributed by atoms with Crippen LogP contribution in [0.3, 0.4) is 0 Å². The summed E-state index contributed by atoms with van der Waals surface area (Å²) in [5.41, 5.74) is 9.48. The van der Waals surface area contributed by atoms with Gasteiger partial charge >= 0.3 is 0 Å². The highest BCUT2D eigenvalue weighted by atomic mass is 16.1. The second-order valence-corrected chi connectivity index (χ2v) is 7.29. The maximum atomic E-state index is 12.8. The molecule has 0 aromatic heterocycles. The van der Waals surface area contributed by atoms with Crippen LogP contribution in [-0.4, -0.2) is 18.5 Å². The van der Waals surface area contributed by atoms with E-state index in [1.165, 1.54) is 19.3 Å². The molecule has 0 saturated carbocycles. The number of fused-ring (bicyclic) bond motifs is 1. The van der Waals surface area contributed by atoms with E-state index in [9.17, 15) is 4.79 Å². The van der Waals surface area contributed by atoms with Crippen LogP contribution in [0.25, 0.3) is 10.8 Å². The Hall–Kier alpha value is -3.01. The van der Waals surface area contributed by atoms with Crippen LogP contribution in [0.1, 0.15) is 36.5 Å². The zero-order valence-electron chi connectivity index (χ0n) is 15.6. The lowest BCUT2D eigenvalue weighted by Crippen LogP contribution is -2.37. The van der Waals surface area contributed by atoms with Gasteiger partial charge in [0.15, 0.2) is 0 Å². The first-order valence-corrected chi connectivity index (χ1v) is 9.59. The third kappa shape index (κ3) is 3.47. The summed E-state index contributed by atoms with van der Waals surface area (Å²) in [7, 11) is 0. The monoisotopic (exact) mass is 359 g/mol. The molecule has 27 heavy (non-hydrogen) atoms. The number of benzene rings is 3. The lowest BCUT2D eigenvalue weighted by Gasteiger charge is -2.36. The minimum absolute atomic E-state index is 0.120. The number of nitrogen functional groups attached to an aromatic ring is 1. The van der Waals surface area contributed by atoms with Gasteiger partial charge in [0.05, 0.1) is 11.4 Å². The van der Waals surface area contributed by atoms with Crippen LogP contribution in [0.15, 0.2) is 60.7 Å². The Balaban J connectivity index is 1.57. The molecular formula is C23H25N3O. The molecule has 1 aliphatic heterocycles. The quantitative estimate of drug-likeness (QED) is 0.643. The first-order valence-electron chi connectivity index (χ1n) is 9.59. The molecule has 0 bridgehead atoms. The van der Waals surface area contributed by atoms with E-state index in [1.807, 2.05) is 60.7 Å². The van der Waals surface area contributed by atoms with Gasteiger partial charge in [-0.25, -0.2) is 0 Å². The lowest BCUT2D eigenvalue weighted by molar-refractivity contribution is 0.102. The summed E-state index contributed by atoms with van der Waals surface area (Å²) in [6.07, 6.45) is 3.67. The van der Waals surface area contributed by atoms with Gasteiger partial charge < -0.3 is 16.0 Å². The fraction of sp³-hybridized carbons (Fsp3) is 0.261. The summed E-state index contributed by atoms with van der Waals surface area (Å²) in [4.78, 5) is 15.2. The van der Waals surface area contributed by atoms with E-state index in [4.69, 9.17) is 5.73 Å². The van der Waals surface area contributed by atoms with E-state index in [1.54, 1.807) is 0 Å². The van der Waals surface area contributed by atoms with E-state index in [2.05, 4.69) is 17.1 Å². The average molecular weight is 359 g/mol. The van der Waals surface area contributed by atoms with Crippen LogP contribution >= 0.6 is 0 Å². The molecule has 3 N–H and O–H groups in total. The number of amides is 1. The predicted molar refractivity (Wildman–Crippen MR) is 113 cm³/mol. The van der Waals surface area contributed by atoms with Crippen molar-refractivity contribution in [1.82, 2.24) is 0 Å². The van der Waals surface area contributed by atoms with E-state index in [0.29, 0.717) is 17.3 Å². The summed E-state index contributed by atoms with van der Waals surface area (Å²) in [5.74, 6) is -0.120. The fourth-order valence-corrected chi connectivity index (χ4v) is 3.97. The molecule has 0 spiro atoms. The SMILES string of the molecule is CC1CCCCN1c1ccc(NC(=O)c2cccc3ccccc23)cc1N. The van der Waals surface area contributed by atoms with Crippen molar-refractivity contribution in [2.75, 3.05) is 22.5 Å². The second kappa shape index (κ2) is 7.31. The highest BCUT2D eigenvalue weighted by molar-refractivity contribution is 6.13. The van der Waals surface area contributed by atoms with Crippen molar-refractivity contribution in [3.05, 3.63) is 66.2 Å². The van der Waals surface area contributed by atoms with Gasteiger partial charge in [-0.1, -0.05) is 36.4 Å². The molecule has 138 valence electrons. The van der Waals surface area contributed by atoms with Crippen molar-refractivity contribution in [3.8, 4) is 0 Å². The summed E-state index contributed by atoms with van der Waals surface area (Å²) in [6, 6.07) is 20.0. The van der Waals surface area contributed by atoms with Gasteiger partial charge in [-0.05, 0) is 61.2 Å². The number of hydrogen-bond donors (Lipinski definition) is 2. The molecule has 1 unspecified atom stereocenters. The Morgan fingerprint density at radius 1 is 1.07 bits per heavy atom. The van der Waals surface area contributed by atoms with E-state index in [0.717, 1.165) is 28.7 Å². The summed E-state index contributed by atoms with van der Waals surface area (Å²) in [5, 5.41) is 5.00. The molecule has 1 amide bonds. The first kappa shape index (κ1) is 17.4. The van der Waals surface area contributed by atoms with Gasteiger partial charge in [-0.3, -0.25) is 4.79 Å². The van der Waals surface area contributed by atoms with Crippen LogP contribution < -0.4 is 16.0 Å². The number of piperidine rings is 1. The Morgan fingerprint density at radius 2 is 1.89 bits per heavy atom. The summed E-state index contributed by atoms with van der Waals surface area (Å²) in [6.45, 7) is 3.28. The molecule has 0 radical (unpaired) electrons. The Bertz CT molecular complexity index is 977. The van der Waals surface area contributed by atoms with Crippen molar-refractivity contribution in [2.24, 2.45) is 0 Å². The Morgan fingerprint density at radius 3 is 2.70 bits per heavy atom. The molecule has 1 saturated heterocycles. The highest BCUT2D eigenvalue weighted by Crippen LogP contribution is 2.32. The second-order valence-electron chi connectivity index (χ2n) is 7.29. The summed E-state index contributed by atoms with van der Waals surface area (Å²) < 4.78 is 0. The largest absolute Gasteiger partial charge is 0.397 e. The molecule has 4 rings (SSSR count). The van der Waals surface area contributed by atoms with Crippen LogP contribution in [0.2, 0.25) is 0 Å². The number of nitrogens with two attached hydrogens (primary N) is 1. The van der Waals surface area contributed by atoms with E-state index < -0.39 is 0 Å². The number of hydrogen-bond acceptors (Lipinski definition) is 3. The number of anilines is 3. The number of carbonyl (C=O) groups is 1. The number of carbonyl (C=O) groups excluding carboxylic acids is 1. The Kier molecular flexibility index (Phi) is 4.71. The van der Waals surface area contributed by atoms with Crippen LogP contribution in [-0.2, 0) is 0 Å². The summed E-state index contributed by atoms with van der Waals surface area (Å²) >= 11 is 0. The fourth-order valence-electron chi connectivity index (χ4n) is 3.97. The zero-order chi connectivity index (χ0) is 18.8. The van der Waals surface area contributed by atoms with Crippen LogP contribution in [0.4, 0.5) is 17.1 Å². The normalized spacial score (nSPS) is 17.1. The van der Waals surface area contributed by atoms with Gasteiger partial charge in [0, 0.05) is 23.8 Å². The van der Waals surface area contributed by atoms with Crippen molar-refractivity contribution in [2.45, 2.75) is 32.2 Å². The molecule has 3 aromatic rings. The minimum Gasteiger partial charge on any atom is -0.397 e. The van der Waals surface area contributed by atoms with Gasteiger partial charge in [0.2, 0.25) is 0 Å². The van der Waals surface area contributed by atoms with Crippen LogP contribution in [0.5, 0.6) is 0 Å². The number of nitrogens with zero attached hydrogens (tertiary/aromatic N) is 1. The standard InChI is InChI=1S/C23H25N3O/c1-16-7-4-5-14-26(16)22-13-12-18(15-21(22)24)25-23(27)20-11-6-9-17-8-2-3-10-19(17)20/h2-3,6,8-13,15-16H,4-5,7,14,24H2,1H3,(H,25,27). The maximum Gasteiger partial charge on any atom is 0.256 e. The number of nitrogens with one attached hydrogen (secondary N) is 1. The minimum atomic E-state index is -0.120. The van der Waals surface area contributed by atoms with Crippen molar-refractivity contribution >= 4 is 33.7 Å². The Labute approximate surface area is 160 Å². The van der Waals surface area contributed by atoms with Gasteiger partial charge in [0.25, 0.3) is 5.91 Å². The molecule has 4 nitrogen and oxygen atoms in total. The molecular weight excluding hydrogens is 334 g/mol. The van der Waals surface area contributed by atoms with Crippen molar-refractivity contribution < 1.29 is 4.79 Å². The maximum absolute atomic E-state index is 12.8. The smallest absolute Gasteiger partial charge is 0.256 e. The zero-order valence-corrected chi connectivity index (χ0v) is 15.6. The van der Waals surface area contributed by atoms with Crippen molar-refractivity contribution in [3.63, 3.8) is 0 Å². The van der Waals surface area contributed by atoms with E-state index in [-0.39, 0.29) is 5.91 Å². The average Bonchev–Trinajstić information content (AvgIpc) is 2.68. The molecule has 1 atom stereocenters. The number of rotatable bonds is 3. The molecule has 1 heterocycles. The molecule has 1 aliphatic rings. The van der Waals surface area contributed by atoms with Crippen LogP contribution in [0, 0.1) is 0 Å². The lowest BCUT2D eigenvalue weighted by atomic mass is 10.0. The van der Waals surface area contributed by atoms with Gasteiger partial charge in [-0.15, -0.1) is 0 Å². The third-order valence-electron chi connectivity index (χ3n) is 5.43. The molecule has 0 aliphatic carbocycles. The molecule has 3 aromatic carbocycles. The van der Waals surface area contributed by atoms with E-state index >= 15 is 0 Å². The van der Waals surface area contributed by atoms with Gasteiger partial charge in [0.1, 0.15) is 0 Å². The first-order chi connectivity index (χ1) is 13.1. The molecule has 4 heteroatoms.